The number of nitrogens with two attached hydrogens (primary N) is 2. The van der Waals surface area contributed by atoms with Gasteiger partial charge in [0.05, 0.1) is 17.3 Å². The molecule has 6 N–H and O–H groups in total. The van der Waals surface area contributed by atoms with Gasteiger partial charge in [0.15, 0.2) is 6.19 Å². The van der Waals surface area contributed by atoms with Crippen molar-refractivity contribution in [1.29, 1.82) is 10.5 Å². The van der Waals surface area contributed by atoms with Crippen LogP contribution in [0, 0.1) is 22.8 Å². The number of nitrogens with zero attached hydrogens (tertiary/aromatic N) is 4. The fourth-order valence-electron chi connectivity index (χ4n) is 3.16. The number of rotatable bonds is 6. The molecule has 0 amide bonds. The molecular weight excluding hydrogens is 404 g/mol. The van der Waals surface area contributed by atoms with E-state index < -0.39 is 6.04 Å². The highest BCUT2D eigenvalue weighted by molar-refractivity contribution is 6.32. The van der Waals surface area contributed by atoms with Gasteiger partial charge in [-0.1, -0.05) is 37.4 Å². The minimum atomic E-state index is -0.649. The number of nitriles is 2. The number of anilines is 3. The second-order valence-electron chi connectivity index (χ2n) is 6.65. The standard InChI is InChI=1S/C20H21ClN8O/c1-2-3-4-7-30-14-6-5-11(8-13(14)21)17-15-16(24)12(9-22)18(25)28-19(15)29-20(27-17)26-10-23/h5-6,8,17H,2-4,7H2,1H3,(H6,24,25,26,27,28,29). The Morgan fingerprint density at radius 1 is 1.30 bits per heavy atom. The van der Waals surface area contributed by atoms with Crippen LogP contribution >= 0.6 is 11.6 Å². The van der Waals surface area contributed by atoms with Crippen LogP contribution in [-0.2, 0) is 0 Å². The Bertz CT molecular complexity index is 1070. The lowest BCUT2D eigenvalue weighted by atomic mass is 9.95. The number of halogens is 1. The molecule has 1 atom stereocenters. The highest BCUT2D eigenvalue weighted by atomic mass is 35.5. The van der Waals surface area contributed by atoms with Gasteiger partial charge in [-0.3, -0.25) is 5.32 Å². The molecule has 30 heavy (non-hydrogen) atoms. The maximum atomic E-state index is 9.40. The lowest BCUT2D eigenvalue weighted by Crippen LogP contribution is -2.32. The topological polar surface area (TPSA) is 158 Å². The molecular formula is C20H21ClN8O. The highest BCUT2D eigenvalue weighted by Crippen LogP contribution is 2.41. The quantitative estimate of drug-likeness (QED) is 0.312. The van der Waals surface area contributed by atoms with E-state index in [4.69, 9.17) is 33.1 Å². The van der Waals surface area contributed by atoms with Crippen LogP contribution in [0.5, 0.6) is 5.75 Å². The van der Waals surface area contributed by atoms with Crippen LogP contribution in [0.3, 0.4) is 0 Å². The molecule has 1 unspecified atom stereocenters. The lowest BCUT2D eigenvalue weighted by Gasteiger charge is -2.26. The Morgan fingerprint density at radius 2 is 2.10 bits per heavy atom. The van der Waals surface area contributed by atoms with Crippen LogP contribution in [0.4, 0.5) is 17.3 Å². The van der Waals surface area contributed by atoms with Gasteiger partial charge in [-0.25, -0.2) is 9.98 Å². The van der Waals surface area contributed by atoms with E-state index in [1.807, 2.05) is 18.3 Å². The first-order valence-corrected chi connectivity index (χ1v) is 9.79. The summed E-state index contributed by atoms with van der Waals surface area (Å²) in [6, 6.07) is 6.64. The molecule has 0 aliphatic carbocycles. The van der Waals surface area contributed by atoms with Gasteiger partial charge in [-0.05, 0) is 24.1 Å². The predicted molar refractivity (Wildman–Crippen MR) is 116 cm³/mol. The van der Waals surface area contributed by atoms with Crippen molar-refractivity contribution in [1.82, 2.24) is 10.3 Å². The van der Waals surface area contributed by atoms with Gasteiger partial charge in [0.1, 0.15) is 35.1 Å². The van der Waals surface area contributed by atoms with Crippen LogP contribution in [0.15, 0.2) is 23.2 Å². The molecule has 0 saturated heterocycles. The largest absolute Gasteiger partial charge is 0.492 e. The molecule has 2 aromatic rings. The van der Waals surface area contributed by atoms with Crippen LogP contribution in [0.1, 0.15) is 48.9 Å². The molecule has 1 aromatic heterocycles. The normalized spacial score (nSPS) is 14.5. The number of pyridine rings is 1. The molecule has 10 heteroatoms. The maximum absolute atomic E-state index is 9.40. The van der Waals surface area contributed by atoms with Crippen molar-refractivity contribution in [2.24, 2.45) is 4.99 Å². The van der Waals surface area contributed by atoms with Crippen molar-refractivity contribution in [2.45, 2.75) is 32.2 Å². The summed E-state index contributed by atoms with van der Waals surface area (Å²) in [4.78, 5) is 8.74. The van der Waals surface area contributed by atoms with E-state index in [0.717, 1.165) is 19.3 Å². The Hall–Kier alpha value is -3.69. The van der Waals surface area contributed by atoms with E-state index in [2.05, 4.69) is 27.5 Å². The average Bonchev–Trinajstić information content (AvgIpc) is 2.72. The van der Waals surface area contributed by atoms with Crippen LogP contribution in [0.2, 0.25) is 5.02 Å². The number of nitrogens with one attached hydrogen (secondary N) is 2. The molecule has 1 aromatic carbocycles. The van der Waals surface area contributed by atoms with Crippen LogP contribution < -0.4 is 26.8 Å². The number of fused-ring (bicyclic) bond motifs is 1. The Balaban J connectivity index is 2.02. The zero-order valence-corrected chi connectivity index (χ0v) is 17.1. The van der Waals surface area contributed by atoms with Gasteiger partial charge in [0.25, 0.3) is 0 Å². The van der Waals surface area contributed by atoms with Crippen molar-refractivity contribution in [3.63, 3.8) is 0 Å². The number of hydrogen-bond acceptors (Lipinski definition) is 9. The number of nitrogen functional groups attached to an aromatic ring is 2. The molecule has 0 radical (unpaired) electrons. The van der Waals surface area contributed by atoms with Crippen molar-refractivity contribution in [3.8, 4) is 18.0 Å². The predicted octanol–water partition coefficient (Wildman–Crippen LogP) is 3.28. The third-order valence-corrected chi connectivity index (χ3v) is 4.93. The molecule has 0 bridgehead atoms. The summed E-state index contributed by atoms with van der Waals surface area (Å²) in [5.74, 6) is 1.07. The lowest BCUT2D eigenvalue weighted by molar-refractivity contribution is 0.306. The minimum Gasteiger partial charge on any atom is -0.492 e. The smallest absolute Gasteiger partial charge is 0.211 e. The first-order valence-electron chi connectivity index (χ1n) is 9.41. The summed E-state index contributed by atoms with van der Waals surface area (Å²) >= 11 is 6.43. The van der Waals surface area contributed by atoms with Gasteiger partial charge in [-0.2, -0.15) is 10.5 Å². The number of hydrogen-bond donors (Lipinski definition) is 4. The molecule has 0 saturated carbocycles. The van der Waals surface area contributed by atoms with Crippen LogP contribution in [0.25, 0.3) is 0 Å². The SMILES string of the molecule is CCCCCOc1ccc(C2N=C(NC#N)Nc3nc(N)c(C#N)c(N)c32)cc1Cl. The Labute approximate surface area is 179 Å². The summed E-state index contributed by atoms with van der Waals surface area (Å²) in [6.07, 6.45) is 4.95. The van der Waals surface area contributed by atoms with Gasteiger partial charge >= 0.3 is 0 Å². The molecule has 1 aliphatic heterocycles. The zero-order chi connectivity index (χ0) is 21.7. The Kier molecular flexibility index (Phi) is 6.45. The highest BCUT2D eigenvalue weighted by Gasteiger charge is 2.30. The average molecular weight is 425 g/mol. The summed E-state index contributed by atoms with van der Waals surface area (Å²) in [7, 11) is 0. The van der Waals surface area contributed by atoms with E-state index in [-0.39, 0.29) is 23.0 Å². The van der Waals surface area contributed by atoms with E-state index in [0.29, 0.717) is 34.3 Å². The van der Waals surface area contributed by atoms with Crippen LogP contribution in [-0.4, -0.2) is 17.6 Å². The first kappa shape index (κ1) is 21.0. The molecule has 0 fully saturated rings. The number of benzene rings is 1. The summed E-state index contributed by atoms with van der Waals surface area (Å²) < 4.78 is 5.75. The molecule has 0 spiro atoms. The van der Waals surface area contributed by atoms with Gasteiger partial charge < -0.3 is 21.5 Å². The molecule has 2 heterocycles. The minimum absolute atomic E-state index is 0.00735. The maximum Gasteiger partial charge on any atom is 0.211 e. The fourth-order valence-corrected chi connectivity index (χ4v) is 3.40. The summed E-state index contributed by atoms with van der Waals surface area (Å²) in [6.45, 7) is 2.71. The molecule has 1 aliphatic rings. The van der Waals surface area contributed by atoms with Gasteiger partial charge in [-0.15, -0.1) is 0 Å². The third-order valence-electron chi connectivity index (χ3n) is 4.63. The van der Waals surface area contributed by atoms with E-state index in [1.54, 1.807) is 12.1 Å². The van der Waals surface area contributed by atoms with Gasteiger partial charge in [0.2, 0.25) is 5.96 Å². The second kappa shape index (κ2) is 9.21. The Morgan fingerprint density at radius 3 is 2.77 bits per heavy atom. The number of guanidine groups is 1. The van der Waals surface area contributed by atoms with Crippen molar-refractivity contribution in [3.05, 3.63) is 39.9 Å². The number of aromatic nitrogens is 1. The summed E-state index contributed by atoms with van der Waals surface area (Å²) in [5, 5.41) is 24.1. The van der Waals surface area contributed by atoms with Crippen molar-refractivity contribution < 1.29 is 4.74 Å². The molecule has 9 nitrogen and oxygen atoms in total. The monoisotopic (exact) mass is 424 g/mol. The number of unbranched alkanes of at least 4 members (excludes halogenated alkanes) is 2. The zero-order valence-electron chi connectivity index (χ0n) is 16.4. The number of aliphatic imine (C=N–C) groups is 1. The van der Waals surface area contributed by atoms with Gasteiger partial charge in [0, 0.05) is 5.56 Å². The fraction of sp³-hybridized carbons (Fsp3) is 0.300. The summed E-state index contributed by atoms with van der Waals surface area (Å²) in [5.41, 5.74) is 13.5. The second-order valence-corrected chi connectivity index (χ2v) is 7.05. The number of ether oxygens (including phenoxy) is 1. The van der Waals surface area contributed by atoms with Crippen molar-refractivity contribution >= 4 is 34.9 Å². The van der Waals surface area contributed by atoms with E-state index >= 15 is 0 Å². The first-order chi connectivity index (χ1) is 14.5. The third kappa shape index (κ3) is 4.17. The molecule has 3 rings (SSSR count). The van der Waals surface area contributed by atoms with E-state index in [9.17, 15) is 5.26 Å². The van der Waals surface area contributed by atoms with E-state index in [1.165, 1.54) is 0 Å². The van der Waals surface area contributed by atoms with Crippen molar-refractivity contribution in [2.75, 3.05) is 23.4 Å². The molecule has 154 valence electrons.